The minimum atomic E-state index is 0.312. The highest BCUT2D eigenvalue weighted by atomic mass is 32.1. The summed E-state index contributed by atoms with van der Waals surface area (Å²) in [6, 6.07) is 11.5. The first-order chi connectivity index (χ1) is 8.10. The van der Waals surface area contributed by atoms with Gasteiger partial charge in [0, 0.05) is 9.75 Å². The number of hydrogen-bond acceptors (Lipinski definition) is 2. The van der Waals surface area contributed by atoms with Crippen molar-refractivity contribution in [3.8, 4) is 0 Å². The van der Waals surface area contributed by atoms with Crippen molar-refractivity contribution in [1.29, 1.82) is 0 Å². The van der Waals surface area contributed by atoms with E-state index in [2.05, 4.69) is 56.4 Å². The third-order valence-electron chi connectivity index (χ3n) is 2.91. The number of hydrogen-bond donors (Lipinski definition) is 1. The maximum Gasteiger partial charge on any atom is 0.0668 e. The van der Waals surface area contributed by atoms with Crippen molar-refractivity contribution < 1.29 is 0 Å². The molecule has 1 nitrogen and oxygen atoms in total. The lowest BCUT2D eigenvalue weighted by molar-refractivity contribution is 0.702. The van der Waals surface area contributed by atoms with Gasteiger partial charge in [0.05, 0.1) is 6.04 Å². The molecular formula is C15H19NS. The lowest BCUT2D eigenvalue weighted by atomic mass is 10.0. The van der Waals surface area contributed by atoms with Crippen LogP contribution >= 0.6 is 11.3 Å². The standard InChI is InChI=1S/C15H19NS/c1-10-7-11(2)9-13(8-10)15(16-4)14-6-5-12(3)17-14/h5-9,15-16H,1-4H3. The summed E-state index contributed by atoms with van der Waals surface area (Å²) in [5.41, 5.74) is 4.01. The molecule has 17 heavy (non-hydrogen) atoms. The van der Waals surface area contributed by atoms with E-state index in [0.29, 0.717) is 6.04 Å². The van der Waals surface area contributed by atoms with E-state index >= 15 is 0 Å². The van der Waals surface area contributed by atoms with E-state index in [1.54, 1.807) is 0 Å². The summed E-state index contributed by atoms with van der Waals surface area (Å²) in [5.74, 6) is 0. The summed E-state index contributed by atoms with van der Waals surface area (Å²) in [6.07, 6.45) is 0. The van der Waals surface area contributed by atoms with Crippen LogP contribution in [0.1, 0.15) is 32.5 Å². The Morgan fingerprint density at radius 3 is 2.12 bits per heavy atom. The summed E-state index contributed by atoms with van der Waals surface area (Å²) >= 11 is 1.86. The molecule has 0 aliphatic rings. The molecule has 1 aromatic carbocycles. The molecule has 90 valence electrons. The van der Waals surface area contributed by atoms with Crippen molar-refractivity contribution in [2.75, 3.05) is 7.05 Å². The van der Waals surface area contributed by atoms with E-state index in [0.717, 1.165) is 0 Å². The van der Waals surface area contributed by atoms with Gasteiger partial charge in [0.1, 0.15) is 0 Å². The van der Waals surface area contributed by atoms with Crippen molar-refractivity contribution in [1.82, 2.24) is 5.32 Å². The first-order valence-corrected chi connectivity index (χ1v) is 6.73. The monoisotopic (exact) mass is 245 g/mol. The van der Waals surface area contributed by atoms with Gasteiger partial charge in [-0.2, -0.15) is 0 Å². The Morgan fingerprint density at radius 1 is 1.00 bits per heavy atom. The molecule has 1 N–H and O–H groups in total. The predicted molar refractivity (Wildman–Crippen MR) is 75.9 cm³/mol. The first kappa shape index (κ1) is 12.3. The average Bonchev–Trinajstić information content (AvgIpc) is 2.64. The van der Waals surface area contributed by atoms with Crippen LogP contribution in [0.25, 0.3) is 0 Å². The Labute approximate surface area is 108 Å². The van der Waals surface area contributed by atoms with Crippen LogP contribution in [0.2, 0.25) is 0 Å². The SMILES string of the molecule is CNC(c1cc(C)cc(C)c1)c1ccc(C)s1. The minimum Gasteiger partial charge on any atom is -0.309 e. The van der Waals surface area contributed by atoms with Gasteiger partial charge in [-0.1, -0.05) is 29.3 Å². The van der Waals surface area contributed by atoms with Crippen LogP contribution in [0.15, 0.2) is 30.3 Å². The molecular weight excluding hydrogens is 226 g/mol. The van der Waals surface area contributed by atoms with E-state index in [-0.39, 0.29) is 0 Å². The fraction of sp³-hybridized carbons (Fsp3) is 0.333. The van der Waals surface area contributed by atoms with Crippen LogP contribution in [-0.2, 0) is 0 Å². The molecule has 1 aromatic heterocycles. The van der Waals surface area contributed by atoms with Gasteiger partial charge in [-0.3, -0.25) is 0 Å². The summed E-state index contributed by atoms with van der Waals surface area (Å²) in [5, 5.41) is 3.41. The number of benzene rings is 1. The molecule has 1 atom stereocenters. The lowest BCUT2D eigenvalue weighted by Gasteiger charge is -2.16. The lowest BCUT2D eigenvalue weighted by Crippen LogP contribution is -2.16. The summed E-state index contributed by atoms with van der Waals surface area (Å²) in [7, 11) is 2.03. The van der Waals surface area contributed by atoms with E-state index in [4.69, 9.17) is 0 Å². The molecule has 1 unspecified atom stereocenters. The zero-order chi connectivity index (χ0) is 12.4. The number of rotatable bonds is 3. The highest BCUT2D eigenvalue weighted by molar-refractivity contribution is 7.12. The molecule has 0 radical (unpaired) electrons. The third kappa shape index (κ3) is 2.76. The molecule has 0 fully saturated rings. The topological polar surface area (TPSA) is 12.0 Å². The predicted octanol–water partition coefficient (Wildman–Crippen LogP) is 3.98. The van der Waals surface area contributed by atoms with Crippen LogP contribution in [0.4, 0.5) is 0 Å². The summed E-state index contributed by atoms with van der Waals surface area (Å²) in [4.78, 5) is 2.75. The number of aryl methyl sites for hydroxylation is 3. The average molecular weight is 245 g/mol. The molecule has 1 heterocycles. The van der Waals surface area contributed by atoms with Gasteiger partial charge in [-0.25, -0.2) is 0 Å². The van der Waals surface area contributed by atoms with Crippen LogP contribution < -0.4 is 5.32 Å². The van der Waals surface area contributed by atoms with Gasteiger partial charge in [-0.05, 0) is 45.5 Å². The highest BCUT2D eigenvalue weighted by Crippen LogP contribution is 2.29. The van der Waals surface area contributed by atoms with Crippen molar-refractivity contribution >= 4 is 11.3 Å². The highest BCUT2D eigenvalue weighted by Gasteiger charge is 2.14. The second-order valence-electron chi connectivity index (χ2n) is 4.59. The van der Waals surface area contributed by atoms with Gasteiger partial charge in [0.15, 0.2) is 0 Å². The summed E-state index contributed by atoms with van der Waals surface area (Å²) in [6.45, 7) is 6.47. The summed E-state index contributed by atoms with van der Waals surface area (Å²) < 4.78 is 0. The van der Waals surface area contributed by atoms with Crippen molar-refractivity contribution in [2.45, 2.75) is 26.8 Å². The quantitative estimate of drug-likeness (QED) is 0.862. The Kier molecular flexibility index (Phi) is 3.65. The van der Waals surface area contributed by atoms with Crippen LogP contribution in [0.5, 0.6) is 0 Å². The molecule has 0 amide bonds. The molecule has 2 rings (SSSR count). The molecule has 0 aliphatic carbocycles. The second kappa shape index (κ2) is 5.03. The minimum absolute atomic E-state index is 0.312. The van der Waals surface area contributed by atoms with E-state index in [9.17, 15) is 0 Å². The number of nitrogens with one attached hydrogen (secondary N) is 1. The number of thiophene rings is 1. The Morgan fingerprint density at radius 2 is 1.65 bits per heavy atom. The van der Waals surface area contributed by atoms with Gasteiger partial charge < -0.3 is 5.32 Å². The fourth-order valence-corrected chi connectivity index (χ4v) is 3.27. The zero-order valence-electron chi connectivity index (χ0n) is 10.9. The van der Waals surface area contributed by atoms with Gasteiger partial charge in [0.25, 0.3) is 0 Å². The normalized spacial score (nSPS) is 12.7. The van der Waals surface area contributed by atoms with Gasteiger partial charge in [-0.15, -0.1) is 11.3 Å². The van der Waals surface area contributed by atoms with E-state index < -0.39 is 0 Å². The molecule has 2 aromatic rings. The molecule has 0 spiro atoms. The van der Waals surface area contributed by atoms with E-state index in [1.165, 1.54) is 26.4 Å². The maximum absolute atomic E-state index is 3.41. The van der Waals surface area contributed by atoms with Gasteiger partial charge >= 0.3 is 0 Å². The second-order valence-corrected chi connectivity index (χ2v) is 5.91. The fourth-order valence-electron chi connectivity index (χ4n) is 2.26. The third-order valence-corrected chi connectivity index (χ3v) is 3.98. The maximum atomic E-state index is 3.41. The van der Waals surface area contributed by atoms with Gasteiger partial charge in [0.2, 0.25) is 0 Å². The van der Waals surface area contributed by atoms with E-state index in [1.807, 2.05) is 18.4 Å². The van der Waals surface area contributed by atoms with Crippen molar-refractivity contribution in [3.63, 3.8) is 0 Å². The smallest absolute Gasteiger partial charge is 0.0668 e. The molecule has 0 aliphatic heterocycles. The molecule has 0 saturated heterocycles. The van der Waals surface area contributed by atoms with Crippen LogP contribution in [-0.4, -0.2) is 7.05 Å². The van der Waals surface area contributed by atoms with Crippen LogP contribution in [0, 0.1) is 20.8 Å². The van der Waals surface area contributed by atoms with Crippen LogP contribution in [0.3, 0.4) is 0 Å². The zero-order valence-corrected chi connectivity index (χ0v) is 11.7. The van der Waals surface area contributed by atoms with Crippen molar-refractivity contribution in [2.24, 2.45) is 0 Å². The molecule has 0 bridgehead atoms. The first-order valence-electron chi connectivity index (χ1n) is 5.92. The molecule has 0 saturated carbocycles. The molecule has 2 heteroatoms. The Bertz CT molecular complexity index is 493. The Hall–Kier alpha value is -1.12. The van der Waals surface area contributed by atoms with Crippen molar-refractivity contribution in [3.05, 3.63) is 56.8 Å². The Balaban J connectivity index is 2.41. The largest absolute Gasteiger partial charge is 0.309 e.